The zero-order valence-electron chi connectivity index (χ0n) is 34.0. The first-order valence-electron chi connectivity index (χ1n) is 21.6. The van der Waals surface area contributed by atoms with Gasteiger partial charge in [-0.3, -0.25) is 0 Å². The maximum absolute atomic E-state index is 2.48. The van der Waals surface area contributed by atoms with Crippen LogP contribution in [0.25, 0.3) is 69.6 Å². The predicted octanol–water partition coefficient (Wildman–Crippen LogP) is 16.6. The number of hydrogen-bond donors (Lipinski definition) is 0. The fourth-order valence-corrected chi connectivity index (χ4v) is 13.4. The largest absolute Gasteiger partial charge is 0.310 e. The SMILES string of the molecule is c1ccc(-n2c3ccccc3c3ccc(N(c4ccc5c(c4)Sc4ccccc4C54c5ccccc5-c5cccc6cccc4c56)c4ccc5c(c4)sc4ccccc45)cc32)cc1. The maximum Gasteiger partial charge on any atom is 0.0735 e. The summed E-state index contributed by atoms with van der Waals surface area (Å²) in [7, 11) is 0. The van der Waals surface area contributed by atoms with Gasteiger partial charge < -0.3 is 9.47 Å². The van der Waals surface area contributed by atoms with Crippen molar-refractivity contribution >= 4 is 92.9 Å². The molecule has 14 rings (SSSR count). The second-order valence-corrected chi connectivity index (χ2v) is 19.0. The molecule has 0 N–H and O–H groups in total. The number of aromatic nitrogens is 1. The molecule has 2 aliphatic rings. The molecule has 12 aromatic rings. The van der Waals surface area contributed by atoms with Gasteiger partial charge in [0.15, 0.2) is 0 Å². The fourth-order valence-electron chi connectivity index (χ4n) is 11.1. The highest BCUT2D eigenvalue weighted by atomic mass is 32.2. The summed E-state index contributed by atoms with van der Waals surface area (Å²) in [5.74, 6) is 0. The highest BCUT2D eigenvalue weighted by Gasteiger charge is 2.48. The van der Waals surface area contributed by atoms with Gasteiger partial charge in [0.25, 0.3) is 0 Å². The number of thiophene rings is 1. The smallest absolute Gasteiger partial charge is 0.0735 e. The van der Waals surface area contributed by atoms with Crippen LogP contribution in [0.3, 0.4) is 0 Å². The molecule has 0 fully saturated rings. The van der Waals surface area contributed by atoms with Gasteiger partial charge in [-0.2, -0.15) is 0 Å². The molecular weight excluding hydrogens is 801 g/mol. The molecule has 4 heteroatoms. The van der Waals surface area contributed by atoms with Gasteiger partial charge in [-0.05, 0) is 111 Å². The summed E-state index contributed by atoms with van der Waals surface area (Å²) in [5.41, 5.74) is 14.4. The zero-order valence-corrected chi connectivity index (χ0v) is 35.6. The van der Waals surface area contributed by atoms with E-state index in [1.807, 2.05) is 23.1 Å². The molecule has 63 heavy (non-hydrogen) atoms. The van der Waals surface area contributed by atoms with Crippen molar-refractivity contribution < 1.29 is 0 Å². The minimum absolute atomic E-state index is 0.503. The maximum atomic E-state index is 2.48. The number of hydrogen-bond acceptors (Lipinski definition) is 3. The average Bonchev–Trinajstić information content (AvgIpc) is 3.88. The summed E-state index contributed by atoms with van der Waals surface area (Å²) >= 11 is 3.77. The van der Waals surface area contributed by atoms with E-state index in [0.717, 1.165) is 22.7 Å². The van der Waals surface area contributed by atoms with Crippen LogP contribution >= 0.6 is 23.1 Å². The molecule has 3 heterocycles. The average molecular weight is 837 g/mol. The van der Waals surface area contributed by atoms with E-state index >= 15 is 0 Å². The van der Waals surface area contributed by atoms with E-state index in [1.54, 1.807) is 0 Å². The first-order valence-corrected chi connectivity index (χ1v) is 23.2. The fraction of sp³-hybridized carbons (Fsp3) is 0.0169. The van der Waals surface area contributed by atoms with E-state index in [0.29, 0.717) is 0 Å². The van der Waals surface area contributed by atoms with Crippen LogP contribution in [0.15, 0.2) is 228 Å². The molecule has 294 valence electrons. The number of fused-ring (bicyclic) bond motifs is 14. The van der Waals surface area contributed by atoms with E-state index in [9.17, 15) is 0 Å². The summed E-state index contributed by atoms with van der Waals surface area (Å²) in [4.78, 5) is 5.04. The number of nitrogens with zero attached hydrogens (tertiary/aromatic N) is 2. The second-order valence-electron chi connectivity index (χ2n) is 16.8. The molecule has 0 amide bonds. The van der Waals surface area contributed by atoms with Crippen LogP contribution in [-0.4, -0.2) is 4.57 Å². The first kappa shape index (κ1) is 35.2. The molecule has 0 bridgehead atoms. The number of para-hydroxylation sites is 2. The lowest BCUT2D eigenvalue weighted by molar-refractivity contribution is 0.707. The van der Waals surface area contributed by atoms with E-state index in [4.69, 9.17) is 0 Å². The molecule has 2 aromatic heterocycles. The van der Waals surface area contributed by atoms with Crippen LogP contribution in [0.5, 0.6) is 0 Å². The number of benzene rings is 10. The van der Waals surface area contributed by atoms with Crippen molar-refractivity contribution in [2.24, 2.45) is 0 Å². The van der Waals surface area contributed by atoms with Crippen LogP contribution in [0.2, 0.25) is 0 Å². The van der Waals surface area contributed by atoms with Crippen LogP contribution in [0, 0.1) is 0 Å². The van der Waals surface area contributed by atoms with Crippen molar-refractivity contribution in [1.29, 1.82) is 0 Å². The Morgan fingerprint density at radius 3 is 1.90 bits per heavy atom. The highest BCUT2D eigenvalue weighted by molar-refractivity contribution is 7.99. The van der Waals surface area contributed by atoms with E-state index in [1.165, 1.54) is 95.9 Å². The Bertz CT molecular complexity index is 3850. The molecule has 0 saturated heterocycles. The standard InChI is InChI=1S/C59H36N2S2/c1-2-16-38(17-3-1)61-52-25-9-5-19-43(52)44-31-28-39(34-53(44)61)60(40-29-32-46-45-20-6-10-26-54(45)62-56(46)35-40)41-30-33-50-57(36-41)63-55-27-11-8-23-49(55)59(50)48-22-7-4-18-42(48)47-21-12-14-37-15-13-24-51(59)58(37)47/h1-36H. The van der Waals surface area contributed by atoms with E-state index in [-0.39, 0.29) is 0 Å². The zero-order chi connectivity index (χ0) is 41.2. The minimum atomic E-state index is -0.503. The predicted molar refractivity (Wildman–Crippen MR) is 267 cm³/mol. The summed E-state index contributed by atoms with van der Waals surface area (Å²) < 4.78 is 5.01. The summed E-state index contributed by atoms with van der Waals surface area (Å²) in [5, 5.41) is 7.71. The topological polar surface area (TPSA) is 8.17 Å². The lowest BCUT2D eigenvalue weighted by atomic mass is 9.59. The Morgan fingerprint density at radius 1 is 0.381 bits per heavy atom. The van der Waals surface area contributed by atoms with Crippen LogP contribution in [0.4, 0.5) is 17.1 Å². The van der Waals surface area contributed by atoms with Gasteiger partial charge in [0.2, 0.25) is 0 Å². The molecule has 1 atom stereocenters. The van der Waals surface area contributed by atoms with Gasteiger partial charge in [0.1, 0.15) is 0 Å². The van der Waals surface area contributed by atoms with Crippen LogP contribution in [-0.2, 0) is 5.41 Å². The molecule has 2 nitrogen and oxygen atoms in total. The van der Waals surface area contributed by atoms with Gasteiger partial charge in [-0.25, -0.2) is 0 Å². The highest BCUT2D eigenvalue weighted by Crippen LogP contribution is 2.62. The normalized spacial score (nSPS) is 15.0. The van der Waals surface area contributed by atoms with Gasteiger partial charge in [0, 0.05) is 63.5 Å². The number of rotatable bonds is 4. The molecule has 1 unspecified atom stereocenters. The van der Waals surface area contributed by atoms with E-state index < -0.39 is 5.41 Å². The third-order valence-corrected chi connectivity index (χ3v) is 15.9. The first-order chi connectivity index (χ1) is 31.2. The third kappa shape index (κ3) is 4.91. The second kappa shape index (κ2) is 13.3. The monoisotopic (exact) mass is 836 g/mol. The van der Waals surface area contributed by atoms with Crippen molar-refractivity contribution in [3.8, 4) is 16.8 Å². The van der Waals surface area contributed by atoms with Crippen molar-refractivity contribution in [1.82, 2.24) is 4.57 Å². The lowest BCUT2D eigenvalue weighted by Gasteiger charge is -2.46. The molecule has 0 saturated carbocycles. The van der Waals surface area contributed by atoms with Crippen molar-refractivity contribution in [3.05, 3.63) is 241 Å². The molecular formula is C59H36N2S2. The van der Waals surface area contributed by atoms with Gasteiger partial charge >= 0.3 is 0 Å². The number of anilines is 3. The summed E-state index contributed by atoms with van der Waals surface area (Å²) in [6.07, 6.45) is 0. The lowest BCUT2D eigenvalue weighted by Crippen LogP contribution is -2.36. The molecule has 1 aliphatic heterocycles. The Balaban J connectivity index is 1.04. The van der Waals surface area contributed by atoms with Gasteiger partial charge in [-0.15, -0.1) is 11.3 Å². The molecule has 1 spiro atoms. The summed E-state index contributed by atoms with van der Waals surface area (Å²) in [6, 6.07) is 81.7. The Kier molecular flexibility index (Phi) is 7.45. The van der Waals surface area contributed by atoms with Crippen LogP contribution < -0.4 is 4.90 Å². The quantitative estimate of drug-likeness (QED) is 0.174. The van der Waals surface area contributed by atoms with Crippen molar-refractivity contribution in [2.75, 3.05) is 4.90 Å². The summed E-state index contributed by atoms with van der Waals surface area (Å²) in [6.45, 7) is 0. The Morgan fingerprint density at radius 2 is 1.00 bits per heavy atom. The van der Waals surface area contributed by atoms with Crippen LogP contribution in [0.1, 0.15) is 22.3 Å². The van der Waals surface area contributed by atoms with E-state index in [2.05, 4.69) is 228 Å². The molecule has 10 aromatic carbocycles. The Hall–Kier alpha value is -7.37. The van der Waals surface area contributed by atoms with Gasteiger partial charge in [0.05, 0.1) is 16.4 Å². The molecule has 0 radical (unpaired) electrons. The molecule has 1 aliphatic carbocycles. The van der Waals surface area contributed by atoms with Crippen molar-refractivity contribution in [3.63, 3.8) is 0 Å². The Labute approximate surface area is 372 Å². The minimum Gasteiger partial charge on any atom is -0.310 e. The van der Waals surface area contributed by atoms with Gasteiger partial charge in [-0.1, -0.05) is 163 Å². The van der Waals surface area contributed by atoms with Crippen molar-refractivity contribution in [2.45, 2.75) is 15.2 Å². The third-order valence-electron chi connectivity index (χ3n) is 13.6.